The SMILES string of the molecule is C[C@@H](NC[C@H](O)c1ccc(O)c(NC=O)c1)c1ccc(OCCC[N+]23CCC(CC2)[C@@H](OCC(O)(c2ccccc2)C2CCCC2)C3)cc1. The maximum absolute atomic E-state index is 12.0. The van der Waals surface area contributed by atoms with Gasteiger partial charge in [0, 0.05) is 37.8 Å². The molecule has 7 rings (SSSR count). The number of hydrogen-bond donors (Lipinski definition) is 5. The Morgan fingerprint density at radius 2 is 1.69 bits per heavy atom. The second kappa shape index (κ2) is 16.0. The minimum Gasteiger partial charge on any atom is -0.506 e. The highest BCUT2D eigenvalue weighted by Crippen LogP contribution is 2.43. The van der Waals surface area contributed by atoms with Crippen molar-refractivity contribution in [2.45, 2.75) is 75.7 Å². The third kappa shape index (κ3) is 8.47. The maximum atomic E-state index is 12.0. The number of quaternary nitrogens is 1. The number of phenolic OH excluding ortho intramolecular Hbond substituents is 1. The summed E-state index contributed by atoms with van der Waals surface area (Å²) in [5.74, 6) is 1.65. The molecule has 1 aliphatic carbocycles. The number of ether oxygens (including phenoxy) is 2. The predicted octanol–water partition coefficient (Wildman–Crippen LogP) is 5.82. The van der Waals surface area contributed by atoms with E-state index in [1.54, 1.807) is 12.1 Å². The van der Waals surface area contributed by atoms with Gasteiger partial charge in [0.25, 0.3) is 0 Å². The van der Waals surface area contributed by atoms with Crippen LogP contribution in [0.15, 0.2) is 72.8 Å². The molecule has 4 fully saturated rings. The third-order valence-electron chi connectivity index (χ3n) is 11.5. The lowest BCUT2D eigenvalue weighted by Gasteiger charge is -2.53. The molecule has 1 amide bonds. The van der Waals surface area contributed by atoms with E-state index in [4.69, 9.17) is 9.47 Å². The zero-order valence-corrected chi connectivity index (χ0v) is 28.8. The Bertz CT molecular complexity index is 1490. The molecule has 3 aromatic rings. The van der Waals surface area contributed by atoms with E-state index >= 15 is 0 Å². The Hall–Kier alpha value is -3.47. The van der Waals surface area contributed by atoms with Gasteiger partial charge in [-0.2, -0.15) is 0 Å². The fourth-order valence-corrected chi connectivity index (χ4v) is 8.43. The summed E-state index contributed by atoms with van der Waals surface area (Å²) in [6.07, 6.45) is 7.76. The lowest BCUT2D eigenvalue weighted by Crippen LogP contribution is -2.65. The smallest absolute Gasteiger partial charge is 0.211 e. The van der Waals surface area contributed by atoms with Crippen LogP contribution in [0.25, 0.3) is 0 Å². The molecule has 1 saturated carbocycles. The molecule has 4 atom stereocenters. The van der Waals surface area contributed by atoms with Gasteiger partial charge in [0.05, 0.1) is 44.6 Å². The molecule has 5 N–H and O–H groups in total. The molecule has 49 heavy (non-hydrogen) atoms. The molecule has 264 valence electrons. The molecule has 1 unspecified atom stereocenters. The van der Waals surface area contributed by atoms with Gasteiger partial charge in [0.2, 0.25) is 6.41 Å². The fourth-order valence-electron chi connectivity index (χ4n) is 8.43. The Balaban J connectivity index is 0.949. The number of amides is 1. The predicted molar refractivity (Wildman–Crippen MR) is 190 cm³/mol. The maximum Gasteiger partial charge on any atom is 0.211 e. The van der Waals surface area contributed by atoms with Crippen molar-refractivity contribution in [2.75, 3.05) is 51.3 Å². The van der Waals surface area contributed by atoms with Crippen LogP contribution in [0, 0.1) is 11.8 Å². The quantitative estimate of drug-likeness (QED) is 0.0531. The van der Waals surface area contributed by atoms with Crippen LogP contribution in [-0.2, 0) is 15.1 Å². The number of benzene rings is 3. The first-order chi connectivity index (χ1) is 23.8. The van der Waals surface area contributed by atoms with Crippen LogP contribution in [0.5, 0.6) is 11.5 Å². The number of aliphatic hydroxyl groups is 2. The first kappa shape index (κ1) is 35.4. The van der Waals surface area contributed by atoms with E-state index in [9.17, 15) is 20.1 Å². The number of hydrogen-bond acceptors (Lipinski definition) is 7. The van der Waals surface area contributed by atoms with Crippen molar-refractivity contribution in [2.24, 2.45) is 11.8 Å². The number of phenols is 1. The molecule has 0 aromatic heterocycles. The fraction of sp³-hybridized carbons (Fsp3) is 0.525. The average Bonchev–Trinajstić information content (AvgIpc) is 3.70. The normalized spacial score (nSPS) is 24.6. The molecule has 3 aliphatic heterocycles. The number of aromatic hydroxyl groups is 1. The van der Waals surface area contributed by atoms with E-state index in [0.717, 1.165) is 53.7 Å². The number of rotatable bonds is 17. The number of carbonyl (C=O) groups is 1. The van der Waals surface area contributed by atoms with Crippen LogP contribution < -0.4 is 15.4 Å². The standard InChI is InChI=1S/C40H53N3O6/c1-29(41-25-38(46)32-14-17-37(45)36(24-32)42-28-44)30-12-15-35(16-13-30)48-23-7-20-43-21-18-31(19-22-43)39(26-43)49-27-40(47,34-10-5-6-11-34)33-8-3-2-4-9-33/h2-4,8-9,12-17,24,28-29,31,34,38-39,41,46-47H,5-7,10-11,18-23,25-27H2,1H3,(H-,42,44,45)/p+1/t29-,31?,38+,39+,40?,43?/m1/s1. The van der Waals surface area contributed by atoms with Crippen LogP contribution in [0.3, 0.4) is 0 Å². The van der Waals surface area contributed by atoms with Crippen molar-refractivity contribution in [3.8, 4) is 11.5 Å². The number of anilines is 1. The zero-order valence-electron chi connectivity index (χ0n) is 28.8. The molecular weight excluding hydrogens is 618 g/mol. The highest BCUT2D eigenvalue weighted by molar-refractivity contribution is 5.75. The summed E-state index contributed by atoms with van der Waals surface area (Å²) in [6, 6.07) is 23.0. The molecule has 2 bridgehead atoms. The lowest BCUT2D eigenvalue weighted by molar-refractivity contribution is -0.946. The number of nitrogens with one attached hydrogen (secondary N) is 2. The van der Waals surface area contributed by atoms with Gasteiger partial charge in [0.1, 0.15) is 29.7 Å². The van der Waals surface area contributed by atoms with E-state index < -0.39 is 11.7 Å². The first-order valence-corrected chi connectivity index (χ1v) is 18.2. The van der Waals surface area contributed by atoms with Crippen molar-refractivity contribution in [1.82, 2.24) is 5.32 Å². The molecule has 0 spiro atoms. The van der Waals surface area contributed by atoms with Gasteiger partial charge in [-0.15, -0.1) is 0 Å². The minimum absolute atomic E-state index is 0.00299. The van der Waals surface area contributed by atoms with E-state index in [2.05, 4.69) is 22.8 Å². The molecule has 3 saturated heterocycles. The van der Waals surface area contributed by atoms with Crippen LogP contribution in [-0.4, -0.2) is 78.3 Å². The monoisotopic (exact) mass is 672 g/mol. The van der Waals surface area contributed by atoms with Crippen molar-refractivity contribution in [1.29, 1.82) is 0 Å². The Morgan fingerprint density at radius 1 is 0.980 bits per heavy atom. The molecule has 3 aromatic carbocycles. The minimum atomic E-state index is -0.915. The van der Waals surface area contributed by atoms with E-state index in [1.807, 2.05) is 49.4 Å². The van der Waals surface area contributed by atoms with Crippen LogP contribution >= 0.6 is 0 Å². The second-order valence-corrected chi connectivity index (χ2v) is 14.6. The summed E-state index contributed by atoms with van der Waals surface area (Å²) in [7, 11) is 0. The van der Waals surface area contributed by atoms with Crippen molar-refractivity contribution in [3.05, 3.63) is 89.5 Å². The number of aliphatic hydroxyl groups excluding tert-OH is 1. The first-order valence-electron chi connectivity index (χ1n) is 18.2. The van der Waals surface area contributed by atoms with E-state index in [-0.39, 0.29) is 29.5 Å². The molecule has 4 aliphatic rings. The topological polar surface area (TPSA) is 120 Å². The number of nitrogens with zero attached hydrogens (tertiary/aromatic N) is 1. The van der Waals surface area contributed by atoms with Gasteiger partial charge in [-0.05, 0) is 66.6 Å². The zero-order chi connectivity index (χ0) is 34.3. The van der Waals surface area contributed by atoms with Gasteiger partial charge >= 0.3 is 0 Å². The van der Waals surface area contributed by atoms with Crippen molar-refractivity contribution in [3.63, 3.8) is 0 Å². The Morgan fingerprint density at radius 3 is 2.41 bits per heavy atom. The molecule has 0 radical (unpaired) electrons. The van der Waals surface area contributed by atoms with Crippen molar-refractivity contribution >= 4 is 12.1 Å². The summed E-state index contributed by atoms with van der Waals surface area (Å²) in [6.45, 7) is 7.91. The summed E-state index contributed by atoms with van der Waals surface area (Å²) in [5.41, 5.74) is 2.03. The van der Waals surface area contributed by atoms with Crippen LogP contribution in [0.4, 0.5) is 5.69 Å². The number of carbonyl (C=O) groups excluding carboxylic acids is 1. The van der Waals surface area contributed by atoms with E-state index in [1.165, 1.54) is 44.8 Å². The van der Waals surface area contributed by atoms with Crippen LogP contribution in [0.2, 0.25) is 0 Å². The average molecular weight is 673 g/mol. The highest BCUT2D eigenvalue weighted by atomic mass is 16.5. The second-order valence-electron chi connectivity index (χ2n) is 14.6. The van der Waals surface area contributed by atoms with Gasteiger partial charge in [-0.1, -0.05) is 61.4 Å². The van der Waals surface area contributed by atoms with Gasteiger partial charge in [-0.3, -0.25) is 4.79 Å². The summed E-state index contributed by atoms with van der Waals surface area (Å²) >= 11 is 0. The molecule has 3 heterocycles. The van der Waals surface area contributed by atoms with Crippen molar-refractivity contribution < 1.29 is 34.1 Å². The number of piperidine rings is 3. The third-order valence-corrected chi connectivity index (χ3v) is 11.5. The highest BCUT2D eigenvalue weighted by Gasteiger charge is 2.48. The van der Waals surface area contributed by atoms with Gasteiger partial charge in [0.15, 0.2) is 0 Å². The van der Waals surface area contributed by atoms with Crippen LogP contribution in [0.1, 0.15) is 80.7 Å². The molecule has 9 heteroatoms. The number of fused-ring (bicyclic) bond motifs is 3. The lowest BCUT2D eigenvalue weighted by atomic mass is 9.80. The molecular formula is C40H54N3O6+. The summed E-state index contributed by atoms with van der Waals surface area (Å²) in [4.78, 5) is 10.8. The van der Waals surface area contributed by atoms with Gasteiger partial charge in [-0.25, -0.2) is 0 Å². The van der Waals surface area contributed by atoms with Gasteiger partial charge < -0.3 is 39.9 Å². The summed E-state index contributed by atoms with van der Waals surface area (Å²) in [5, 5.41) is 38.3. The Kier molecular flexibility index (Phi) is 11.6. The summed E-state index contributed by atoms with van der Waals surface area (Å²) < 4.78 is 14.0. The molecule has 9 nitrogen and oxygen atoms in total. The largest absolute Gasteiger partial charge is 0.506 e. The van der Waals surface area contributed by atoms with E-state index in [0.29, 0.717) is 37.6 Å². The Labute approximate surface area is 290 Å².